The van der Waals surface area contributed by atoms with Gasteiger partial charge in [0.1, 0.15) is 0 Å². The van der Waals surface area contributed by atoms with Crippen LogP contribution in [0.1, 0.15) is 19.4 Å². The number of fused-ring (bicyclic) bond motifs is 1. The molecule has 0 aliphatic carbocycles. The van der Waals surface area contributed by atoms with E-state index in [0.717, 1.165) is 24.2 Å². The first-order chi connectivity index (χ1) is 7.39. The van der Waals surface area contributed by atoms with Crippen LogP contribution in [0.3, 0.4) is 0 Å². The van der Waals surface area contributed by atoms with E-state index in [0.29, 0.717) is 6.04 Å². The maximum absolute atomic E-state index is 11.2. The quantitative estimate of drug-likeness (QED) is 0.766. The Morgan fingerprint density at radius 1 is 1.38 bits per heavy atom. The highest BCUT2D eigenvalue weighted by molar-refractivity contribution is 8.13. The molecule has 5 heteroatoms. The van der Waals surface area contributed by atoms with Crippen LogP contribution in [0.4, 0.5) is 5.69 Å². The molecular weight excluding hydrogens is 246 g/mol. The maximum Gasteiger partial charge on any atom is 0.261 e. The van der Waals surface area contributed by atoms with Crippen molar-refractivity contribution in [3.05, 3.63) is 23.8 Å². The van der Waals surface area contributed by atoms with Crippen LogP contribution in [0.25, 0.3) is 0 Å². The molecule has 0 radical (unpaired) electrons. The molecule has 88 valence electrons. The van der Waals surface area contributed by atoms with Crippen molar-refractivity contribution >= 4 is 25.4 Å². The van der Waals surface area contributed by atoms with Gasteiger partial charge in [-0.15, -0.1) is 0 Å². The number of nitrogens with zero attached hydrogens (tertiary/aromatic N) is 1. The smallest absolute Gasteiger partial charge is 0.261 e. The minimum absolute atomic E-state index is 0.193. The molecule has 0 bridgehead atoms. The van der Waals surface area contributed by atoms with E-state index in [1.807, 2.05) is 6.07 Å². The second-order valence-electron chi connectivity index (χ2n) is 4.27. The van der Waals surface area contributed by atoms with E-state index < -0.39 is 9.05 Å². The highest BCUT2D eigenvalue weighted by Crippen LogP contribution is 2.32. The lowest BCUT2D eigenvalue weighted by Crippen LogP contribution is -2.28. The number of hydrogen-bond acceptors (Lipinski definition) is 3. The maximum atomic E-state index is 11.2. The predicted octanol–water partition coefficient (Wildman–Crippen LogP) is 2.39. The van der Waals surface area contributed by atoms with Crippen molar-refractivity contribution in [3.8, 4) is 0 Å². The Bertz CT molecular complexity index is 511. The van der Waals surface area contributed by atoms with E-state index in [9.17, 15) is 8.42 Å². The third-order valence-corrected chi connectivity index (χ3v) is 4.24. The second-order valence-corrected chi connectivity index (χ2v) is 6.83. The lowest BCUT2D eigenvalue weighted by Gasteiger charge is -2.23. The van der Waals surface area contributed by atoms with Gasteiger partial charge in [0.25, 0.3) is 9.05 Å². The van der Waals surface area contributed by atoms with Gasteiger partial charge >= 0.3 is 0 Å². The summed E-state index contributed by atoms with van der Waals surface area (Å²) < 4.78 is 22.4. The van der Waals surface area contributed by atoms with Crippen molar-refractivity contribution in [2.75, 3.05) is 11.4 Å². The normalized spacial score (nSPS) is 15.6. The zero-order chi connectivity index (χ0) is 11.9. The number of anilines is 1. The van der Waals surface area contributed by atoms with Gasteiger partial charge in [0.2, 0.25) is 0 Å². The third kappa shape index (κ3) is 2.04. The second kappa shape index (κ2) is 3.93. The van der Waals surface area contributed by atoms with Crippen molar-refractivity contribution < 1.29 is 8.42 Å². The van der Waals surface area contributed by atoms with Crippen LogP contribution < -0.4 is 4.90 Å². The van der Waals surface area contributed by atoms with E-state index in [2.05, 4.69) is 18.7 Å². The van der Waals surface area contributed by atoms with Crippen molar-refractivity contribution in [3.63, 3.8) is 0 Å². The van der Waals surface area contributed by atoms with Gasteiger partial charge in [-0.2, -0.15) is 0 Å². The molecule has 0 unspecified atom stereocenters. The molecule has 1 aliphatic rings. The lowest BCUT2D eigenvalue weighted by molar-refractivity contribution is 0.609. The number of hydrogen-bond donors (Lipinski definition) is 0. The van der Waals surface area contributed by atoms with Crippen LogP contribution in [0.15, 0.2) is 23.1 Å². The predicted molar refractivity (Wildman–Crippen MR) is 65.7 cm³/mol. The molecule has 0 spiro atoms. The fraction of sp³-hybridized carbons (Fsp3) is 0.455. The SMILES string of the molecule is CC(C)N1CCc2cc(S(=O)(=O)Cl)ccc21. The molecule has 1 aliphatic heterocycles. The largest absolute Gasteiger partial charge is 0.369 e. The van der Waals surface area contributed by atoms with Crippen LogP contribution >= 0.6 is 10.7 Å². The van der Waals surface area contributed by atoms with Crippen LogP contribution in [-0.4, -0.2) is 21.0 Å². The molecule has 0 saturated heterocycles. The molecule has 3 nitrogen and oxygen atoms in total. The van der Waals surface area contributed by atoms with Crippen LogP contribution in [-0.2, 0) is 15.5 Å². The topological polar surface area (TPSA) is 37.4 Å². The molecule has 0 amide bonds. The summed E-state index contributed by atoms with van der Waals surface area (Å²) in [6.45, 7) is 5.20. The van der Waals surface area contributed by atoms with E-state index in [-0.39, 0.29) is 4.90 Å². The van der Waals surface area contributed by atoms with Crippen molar-refractivity contribution in [2.45, 2.75) is 31.2 Å². The van der Waals surface area contributed by atoms with Gasteiger partial charge in [0.05, 0.1) is 4.90 Å². The summed E-state index contributed by atoms with van der Waals surface area (Å²) in [5.41, 5.74) is 2.19. The molecule has 0 fully saturated rings. The molecule has 1 aromatic rings. The van der Waals surface area contributed by atoms with Gasteiger partial charge < -0.3 is 4.90 Å². The molecule has 0 atom stereocenters. The molecule has 16 heavy (non-hydrogen) atoms. The van der Waals surface area contributed by atoms with Gasteiger partial charge in [-0.05, 0) is 44.0 Å². The molecule has 0 N–H and O–H groups in total. The minimum atomic E-state index is -3.61. The number of benzene rings is 1. The van der Waals surface area contributed by atoms with E-state index in [4.69, 9.17) is 10.7 Å². The van der Waals surface area contributed by atoms with Gasteiger partial charge in [-0.25, -0.2) is 8.42 Å². The molecule has 1 heterocycles. The Kier molecular flexibility index (Phi) is 2.88. The van der Waals surface area contributed by atoms with Crippen LogP contribution in [0, 0.1) is 0 Å². The van der Waals surface area contributed by atoms with Crippen LogP contribution in [0.2, 0.25) is 0 Å². The minimum Gasteiger partial charge on any atom is -0.369 e. The van der Waals surface area contributed by atoms with Gasteiger partial charge in [-0.3, -0.25) is 0 Å². The summed E-state index contributed by atoms with van der Waals surface area (Å²) in [7, 11) is 1.71. The van der Waals surface area contributed by atoms with Gasteiger partial charge in [0, 0.05) is 29.0 Å². The Morgan fingerprint density at radius 2 is 2.06 bits per heavy atom. The zero-order valence-electron chi connectivity index (χ0n) is 9.27. The fourth-order valence-electron chi connectivity index (χ4n) is 2.09. The fourth-order valence-corrected chi connectivity index (χ4v) is 2.89. The standard InChI is InChI=1S/C11H14ClNO2S/c1-8(2)13-6-5-9-7-10(16(12,14)15)3-4-11(9)13/h3-4,7-8H,5-6H2,1-2H3. The summed E-state index contributed by atoms with van der Waals surface area (Å²) in [5.74, 6) is 0. The average Bonchev–Trinajstić information content (AvgIpc) is 2.58. The average molecular weight is 260 g/mol. The van der Waals surface area contributed by atoms with E-state index >= 15 is 0 Å². The Hall–Kier alpha value is -0.740. The van der Waals surface area contributed by atoms with Crippen molar-refractivity contribution in [1.29, 1.82) is 0 Å². The van der Waals surface area contributed by atoms with Gasteiger partial charge in [0.15, 0.2) is 0 Å². The molecule has 1 aromatic carbocycles. The van der Waals surface area contributed by atoms with E-state index in [1.165, 1.54) is 0 Å². The number of halogens is 1. The Morgan fingerprint density at radius 3 is 2.62 bits per heavy atom. The first-order valence-corrected chi connectivity index (χ1v) is 7.55. The lowest BCUT2D eigenvalue weighted by atomic mass is 10.2. The molecule has 2 rings (SSSR count). The van der Waals surface area contributed by atoms with Crippen molar-refractivity contribution in [2.24, 2.45) is 0 Å². The Balaban J connectivity index is 2.44. The first kappa shape index (κ1) is 11.7. The van der Waals surface area contributed by atoms with Gasteiger partial charge in [-0.1, -0.05) is 0 Å². The number of rotatable bonds is 2. The summed E-state index contributed by atoms with van der Waals surface area (Å²) in [5, 5.41) is 0. The summed E-state index contributed by atoms with van der Waals surface area (Å²) >= 11 is 0. The highest BCUT2D eigenvalue weighted by Gasteiger charge is 2.23. The van der Waals surface area contributed by atoms with Crippen LogP contribution in [0.5, 0.6) is 0 Å². The monoisotopic (exact) mass is 259 g/mol. The highest BCUT2D eigenvalue weighted by atomic mass is 35.7. The third-order valence-electron chi connectivity index (χ3n) is 2.89. The summed E-state index contributed by atoms with van der Waals surface area (Å²) in [6, 6.07) is 5.53. The summed E-state index contributed by atoms with van der Waals surface area (Å²) in [6.07, 6.45) is 0.883. The summed E-state index contributed by atoms with van der Waals surface area (Å²) in [4.78, 5) is 2.46. The van der Waals surface area contributed by atoms with Crippen molar-refractivity contribution in [1.82, 2.24) is 0 Å². The molecule has 0 aromatic heterocycles. The molecular formula is C11H14ClNO2S. The van der Waals surface area contributed by atoms with E-state index in [1.54, 1.807) is 12.1 Å². The Labute approximate surface area is 100 Å². The first-order valence-electron chi connectivity index (χ1n) is 5.24. The molecule has 0 saturated carbocycles. The zero-order valence-corrected chi connectivity index (χ0v) is 10.8.